The van der Waals surface area contributed by atoms with Gasteiger partial charge >= 0.3 is 5.97 Å². The van der Waals surface area contributed by atoms with E-state index in [1.165, 1.54) is 5.56 Å². The van der Waals surface area contributed by atoms with Gasteiger partial charge in [0.1, 0.15) is 0 Å². The van der Waals surface area contributed by atoms with Gasteiger partial charge in [0.25, 0.3) is 0 Å². The topological polar surface area (TPSA) is 43.4 Å². The van der Waals surface area contributed by atoms with Crippen LogP contribution in [0.25, 0.3) is 0 Å². The second-order valence-corrected chi connectivity index (χ2v) is 5.22. The molecule has 0 aliphatic heterocycles. The molecule has 0 amide bonds. The Morgan fingerprint density at radius 1 is 0.952 bits per heavy atom. The highest BCUT2D eigenvalue weighted by atomic mass is 16.5. The number of unbranched alkanes of at least 4 members (excludes halogenated alkanes) is 6. The van der Waals surface area contributed by atoms with Crippen LogP contribution in [-0.4, -0.2) is 18.9 Å². The van der Waals surface area contributed by atoms with Crippen molar-refractivity contribution in [3.05, 3.63) is 35.9 Å². The van der Waals surface area contributed by atoms with E-state index in [-0.39, 0.29) is 5.97 Å². The Morgan fingerprint density at radius 2 is 1.62 bits per heavy atom. The Morgan fingerprint density at radius 3 is 2.33 bits per heavy atom. The van der Waals surface area contributed by atoms with E-state index in [0.29, 0.717) is 19.4 Å². The maximum Gasteiger partial charge on any atom is 0.305 e. The molecule has 3 nitrogen and oxygen atoms in total. The first-order valence-corrected chi connectivity index (χ1v) is 7.87. The van der Waals surface area contributed by atoms with Crippen LogP contribution < -0.4 is 0 Å². The fourth-order valence-electron chi connectivity index (χ4n) is 2.17. The minimum Gasteiger partial charge on any atom is -0.465 e. The van der Waals surface area contributed by atoms with Crippen molar-refractivity contribution in [1.82, 2.24) is 0 Å². The van der Waals surface area contributed by atoms with E-state index < -0.39 is 0 Å². The Labute approximate surface area is 127 Å². The predicted molar refractivity (Wildman–Crippen MR) is 83.7 cm³/mol. The summed E-state index contributed by atoms with van der Waals surface area (Å²) in [5.41, 5.74) is 1.19. The predicted octanol–water partition coefficient (Wildman–Crippen LogP) is 4.00. The van der Waals surface area contributed by atoms with Gasteiger partial charge in [0.2, 0.25) is 0 Å². The smallest absolute Gasteiger partial charge is 0.305 e. The molecule has 0 atom stereocenters. The second kappa shape index (κ2) is 12.1. The van der Waals surface area contributed by atoms with Gasteiger partial charge in [-0.15, -0.1) is 0 Å². The summed E-state index contributed by atoms with van der Waals surface area (Å²) in [5.74, 6) is -0.0958. The van der Waals surface area contributed by atoms with Crippen LogP contribution in [-0.2, 0) is 20.7 Å². The molecule has 0 fully saturated rings. The van der Waals surface area contributed by atoms with Crippen LogP contribution in [0.3, 0.4) is 0 Å². The maximum absolute atomic E-state index is 11.5. The van der Waals surface area contributed by atoms with E-state index in [9.17, 15) is 9.59 Å². The molecule has 0 saturated carbocycles. The van der Waals surface area contributed by atoms with Gasteiger partial charge in [0, 0.05) is 19.3 Å². The summed E-state index contributed by atoms with van der Waals surface area (Å²) in [6.45, 7) is 0.463. The van der Waals surface area contributed by atoms with E-state index >= 15 is 0 Å². The van der Waals surface area contributed by atoms with Crippen LogP contribution in [0, 0.1) is 0 Å². The van der Waals surface area contributed by atoms with Gasteiger partial charge < -0.3 is 4.74 Å². The SMILES string of the molecule is O=[C]CCCCCCCCC(=O)OCCc1ccccc1. The lowest BCUT2D eigenvalue weighted by atomic mass is 10.1. The van der Waals surface area contributed by atoms with Gasteiger partial charge in [-0.1, -0.05) is 56.0 Å². The summed E-state index contributed by atoms with van der Waals surface area (Å²) in [5, 5.41) is 0. The van der Waals surface area contributed by atoms with Gasteiger partial charge in [-0.3, -0.25) is 9.59 Å². The lowest BCUT2D eigenvalue weighted by Crippen LogP contribution is -2.07. The van der Waals surface area contributed by atoms with Crippen LogP contribution in [0.1, 0.15) is 56.9 Å². The molecule has 0 unspecified atom stereocenters. The van der Waals surface area contributed by atoms with E-state index in [0.717, 1.165) is 44.9 Å². The molecule has 1 aromatic rings. The third kappa shape index (κ3) is 9.83. The van der Waals surface area contributed by atoms with Gasteiger partial charge in [0.15, 0.2) is 6.29 Å². The molecule has 3 heteroatoms. The van der Waals surface area contributed by atoms with Crippen LogP contribution in [0.4, 0.5) is 0 Å². The quantitative estimate of drug-likeness (QED) is 0.431. The molecule has 0 N–H and O–H groups in total. The number of carbonyl (C=O) groups is 1. The molecule has 0 spiro atoms. The van der Waals surface area contributed by atoms with Crippen molar-refractivity contribution in [3.8, 4) is 0 Å². The molecule has 21 heavy (non-hydrogen) atoms. The Hall–Kier alpha value is -1.64. The van der Waals surface area contributed by atoms with Crippen molar-refractivity contribution >= 4 is 12.3 Å². The Bertz CT molecular complexity index is 387. The van der Waals surface area contributed by atoms with Crippen molar-refractivity contribution in [2.75, 3.05) is 6.61 Å². The summed E-state index contributed by atoms with van der Waals surface area (Å²) in [4.78, 5) is 21.6. The standard InChI is InChI=1S/C18H25O3/c19-15-10-5-3-1-2-4-9-13-18(20)21-16-14-17-11-7-6-8-12-17/h6-8,11-12H,1-5,9-10,13-14,16H2. The van der Waals surface area contributed by atoms with Crippen LogP contribution in [0.5, 0.6) is 0 Å². The number of ether oxygens (including phenoxy) is 1. The van der Waals surface area contributed by atoms with Crippen molar-refractivity contribution in [1.29, 1.82) is 0 Å². The summed E-state index contributed by atoms with van der Waals surface area (Å²) in [6, 6.07) is 10.0. The van der Waals surface area contributed by atoms with E-state index in [2.05, 4.69) is 0 Å². The number of esters is 1. The van der Waals surface area contributed by atoms with Crippen LogP contribution in [0.15, 0.2) is 30.3 Å². The zero-order valence-corrected chi connectivity index (χ0v) is 12.7. The first kappa shape index (κ1) is 17.4. The number of rotatable bonds is 12. The minimum absolute atomic E-state index is 0.0958. The fraction of sp³-hybridized carbons (Fsp3) is 0.556. The number of carbonyl (C=O) groups excluding carboxylic acids is 2. The Kier molecular flexibility index (Phi) is 10.1. The zero-order valence-electron chi connectivity index (χ0n) is 12.7. The average Bonchev–Trinajstić information content (AvgIpc) is 2.51. The van der Waals surface area contributed by atoms with Crippen molar-refractivity contribution in [2.45, 2.75) is 57.8 Å². The van der Waals surface area contributed by atoms with E-state index in [4.69, 9.17) is 4.74 Å². The number of hydrogen-bond acceptors (Lipinski definition) is 3. The summed E-state index contributed by atoms with van der Waals surface area (Å²) in [6.07, 6.45) is 9.96. The highest BCUT2D eigenvalue weighted by Crippen LogP contribution is 2.08. The summed E-state index contributed by atoms with van der Waals surface area (Å²) in [7, 11) is 0. The van der Waals surface area contributed by atoms with Gasteiger partial charge in [0.05, 0.1) is 6.61 Å². The molecule has 1 rings (SSSR count). The lowest BCUT2D eigenvalue weighted by molar-refractivity contribution is -0.143. The van der Waals surface area contributed by atoms with E-state index in [1.807, 2.05) is 36.6 Å². The third-order valence-electron chi connectivity index (χ3n) is 3.41. The molecule has 0 aromatic heterocycles. The van der Waals surface area contributed by atoms with Crippen LogP contribution in [0.2, 0.25) is 0 Å². The van der Waals surface area contributed by atoms with Crippen LogP contribution >= 0.6 is 0 Å². The minimum atomic E-state index is -0.0958. The van der Waals surface area contributed by atoms with Crippen molar-refractivity contribution < 1.29 is 14.3 Å². The molecule has 0 bridgehead atoms. The maximum atomic E-state index is 11.5. The zero-order chi connectivity index (χ0) is 15.2. The molecule has 0 heterocycles. The second-order valence-electron chi connectivity index (χ2n) is 5.22. The largest absolute Gasteiger partial charge is 0.465 e. The molecule has 1 aromatic carbocycles. The first-order valence-electron chi connectivity index (χ1n) is 7.87. The fourth-order valence-corrected chi connectivity index (χ4v) is 2.17. The molecule has 0 aliphatic carbocycles. The average molecular weight is 289 g/mol. The van der Waals surface area contributed by atoms with Crippen molar-refractivity contribution in [3.63, 3.8) is 0 Å². The summed E-state index contributed by atoms with van der Waals surface area (Å²) < 4.78 is 5.22. The lowest BCUT2D eigenvalue weighted by Gasteiger charge is -2.05. The highest BCUT2D eigenvalue weighted by molar-refractivity contribution is 5.69. The molecular weight excluding hydrogens is 264 g/mol. The van der Waals surface area contributed by atoms with Gasteiger partial charge in [-0.05, 0) is 18.4 Å². The molecule has 115 valence electrons. The summed E-state index contributed by atoms with van der Waals surface area (Å²) >= 11 is 0. The number of benzene rings is 1. The molecule has 1 radical (unpaired) electrons. The van der Waals surface area contributed by atoms with Gasteiger partial charge in [-0.2, -0.15) is 0 Å². The highest BCUT2D eigenvalue weighted by Gasteiger charge is 2.02. The third-order valence-corrected chi connectivity index (χ3v) is 3.41. The Balaban J connectivity index is 1.91. The van der Waals surface area contributed by atoms with Gasteiger partial charge in [-0.25, -0.2) is 0 Å². The van der Waals surface area contributed by atoms with E-state index in [1.54, 1.807) is 0 Å². The molecular formula is C18H25O3. The molecule has 0 aliphatic rings. The monoisotopic (exact) mass is 289 g/mol. The van der Waals surface area contributed by atoms with Crippen molar-refractivity contribution in [2.24, 2.45) is 0 Å². The first-order chi connectivity index (χ1) is 10.3. The molecule has 0 saturated heterocycles. The normalized spacial score (nSPS) is 10.3. The number of hydrogen-bond donors (Lipinski definition) is 0.